The van der Waals surface area contributed by atoms with Gasteiger partial charge in [-0.1, -0.05) is 60.5 Å². The molecule has 2 aromatic rings. The molecule has 4 atom stereocenters. The number of benzene rings is 2. The normalized spacial score (nSPS) is 20.4. The number of carbonyl (C=O) groups excluding carboxylic acids is 1. The summed E-state index contributed by atoms with van der Waals surface area (Å²) in [5.74, 6) is -1.68. The second-order valence-electron chi connectivity index (χ2n) is 7.70. The van der Waals surface area contributed by atoms with Crippen LogP contribution < -0.4 is 0 Å². The van der Waals surface area contributed by atoms with Gasteiger partial charge in [0, 0.05) is 16.0 Å². The SMILES string of the molecule is CCC(C(C)O)N1C(=O)C(CC(=O)O)CCC1c1ccc(Cl)cc1.Clc1ccccc1. The first kappa shape index (κ1) is 25.2. The van der Waals surface area contributed by atoms with Crippen LogP contribution in [0.3, 0.4) is 0 Å². The smallest absolute Gasteiger partial charge is 0.304 e. The number of hydrogen-bond donors (Lipinski definition) is 2. The number of carbonyl (C=O) groups is 2. The third-order valence-electron chi connectivity index (χ3n) is 5.47. The number of hydrogen-bond acceptors (Lipinski definition) is 3. The molecule has 1 fully saturated rings. The lowest BCUT2D eigenvalue weighted by molar-refractivity contribution is -0.153. The maximum Gasteiger partial charge on any atom is 0.304 e. The van der Waals surface area contributed by atoms with Crippen LogP contribution in [0, 0.1) is 5.92 Å². The monoisotopic (exact) mass is 465 g/mol. The van der Waals surface area contributed by atoms with Crippen molar-refractivity contribution in [1.82, 2.24) is 4.90 Å². The molecule has 0 saturated carbocycles. The minimum absolute atomic E-state index is 0.167. The lowest BCUT2D eigenvalue weighted by atomic mass is 9.84. The summed E-state index contributed by atoms with van der Waals surface area (Å²) < 4.78 is 0. The van der Waals surface area contributed by atoms with Crippen LogP contribution >= 0.6 is 23.2 Å². The Morgan fingerprint density at radius 1 is 1.06 bits per heavy atom. The molecule has 31 heavy (non-hydrogen) atoms. The van der Waals surface area contributed by atoms with E-state index in [2.05, 4.69) is 0 Å². The summed E-state index contributed by atoms with van der Waals surface area (Å²) in [6, 6.07) is 16.3. The first-order valence-electron chi connectivity index (χ1n) is 10.4. The number of carboxylic acids is 1. The number of carboxylic acid groups (broad SMARTS) is 1. The average molecular weight is 466 g/mol. The van der Waals surface area contributed by atoms with Crippen LogP contribution in [0.25, 0.3) is 0 Å². The van der Waals surface area contributed by atoms with Crippen molar-refractivity contribution in [3.63, 3.8) is 0 Å². The van der Waals surface area contributed by atoms with E-state index in [0.29, 0.717) is 24.3 Å². The Bertz CT molecular complexity index is 842. The Labute approximate surface area is 193 Å². The molecule has 1 heterocycles. The predicted octanol–water partition coefficient (Wildman–Crippen LogP) is 5.59. The van der Waals surface area contributed by atoms with E-state index < -0.39 is 18.0 Å². The molecular weight excluding hydrogens is 437 g/mol. The zero-order valence-electron chi connectivity index (χ0n) is 17.7. The highest BCUT2D eigenvalue weighted by Gasteiger charge is 2.41. The maximum atomic E-state index is 12.9. The number of rotatable bonds is 6. The van der Waals surface area contributed by atoms with Gasteiger partial charge in [0.05, 0.1) is 24.6 Å². The molecule has 4 unspecified atom stereocenters. The van der Waals surface area contributed by atoms with Gasteiger partial charge in [-0.3, -0.25) is 9.59 Å². The molecule has 5 nitrogen and oxygen atoms in total. The maximum absolute atomic E-state index is 12.9. The molecule has 2 aromatic carbocycles. The number of halogens is 2. The molecule has 0 radical (unpaired) electrons. The van der Waals surface area contributed by atoms with Crippen molar-refractivity contribution in [2.24, 2.45) is 5.92 Å². The van der Waals surface area contributed by atoms with Crippen molar-refractivity contribution in [3.05, 3.63) is 70.2 Å². The van der Waals surface area contributed by atoms with Crippen LogP contribution in [0.2, 0.25) is 10.0 Å². The van der Waals surface area contributed by atoms with Crippen LogP contribution in [-0.2, 0) is 9.59 Å². The molecule has 1 saturated heterocycles. The predicted molar refractivity (Wildman–Crippen MR) is 123 cm³/mol. The van der Waals surface area contributed by atoms with Crippen LogP contribution in [0.1, 0.15) is 51.1 Å². The number of piperidine rings is 1. The van der Waals surface area contributed by atoms with Gasteiger partial charge in [-0.25, -0.2) is 0 Å². The molecular formula is C24H29Cl2NO4. The van der Waals surface area contributed by atoms with E-state index in [1.54, 1.807) is 24.0 Å². The quantitative estimate of drug-likeness (QED) is 0.582. The van der Waals surface area contributed by atoms with Gasteiger partial charge in [0.15, 0.2) is 0 Å². The standard InChI is InChI=1S/C18H24ClNO4.C6H5Cl/c1-3-15(11(2)21)20-16(12-4-7-14(19)8-5-12)9-6-13(18(20)24)10-17(22)23;7-6-4-2-1-3-5-6/h4-5,7-8,11,13,15-16,21H,3,6,9-10H2,1-2H3,(H,22,23);1-5H. The minimum Gasteiger partial charge on any atom is -0.481 e. The lowest BCUT2D eigenvalue weighted by Crippen LogP contribution is -2.52. The van der Waals surface area contributed by atoms with Gasteiger partial charge in [-0.05, 0) is 56.0 Å². The van der Waals surface area contributed by atoms with Crippen LogP contribution in [0.15, 0.2) is 54.6 Å². The van der Waals surface area contributed by atoms with Crippen molar-refractivity contribution in [3.8, 4) is 0 Å². The van der Waals surface area contributed by atoms with Crippen molar-refractivity contribution < 1.29 is 19.8 Å². The molecule has 1 aliphatic rings. The summed E-state index contributed by atoms with van der Waals surface area (Å²) in [6.07, 6.45) is 0.962. The fraction of sp³-hybridized carbons (Fsp3) is 0.417. The number of amides is 1. The largest absolute Gasteiger partial charge is 0.481 e. The van der Waals surface area contributed by atoms with Crippen LogP contribution in [-0.4, -0.2) is 39.1 Å². The summed E-state index contributed by atoms with van der Waals surface area (Å²) in [5.41, 5.74) is 0.959. The Morgan fingerprint density at radius 3 is 2.10 bits per heavy atom. The van der Waals surface area contributed by atoms with Crippen molar-refractivity contribution in [2.75, 3.05) is 0 Å². The molecule has 1 aliphatic heterocycles. The van der Waals surface area contributed by atoms with Gasteiger partial charge < -0.3 is 15.1 Å². The fourth-order valence-electron chi connectivity index (χ4n) is 3.98. The molecule has 0 aliphatic carbocycles. The van der Waals surface area contributed by atoms with E-state index in [0.717, 1.165) is 10.6 Å². The van der Waals surface area contributed by atoms with Crippen molar-refractivity contribution in [2.45, 2.75) is 57.7 Å². The second-order valence-corrected chi connectivity index (χ2v) is 8.57. The van der Waals surface area contributed by atoms with Gasteiger partial charge in [-0.2, -0.15) is 0 Å². The van der Waals surface area contributed by atoms with Crippen molar-refractivity contribution in [1.29, 1.82) is 0 Å². The van der Waals surface area contributed by atoms with E-state index >= 15 is 0 Å². The van der Waals surface area contributed by atoms with E-state index in [4.69, 9.17) is 28.3 Å². The number of aliphatic carboxylic acids is 1. The summed E-state index contributed by atoms with van der Waals surface area (Å²) in [6.45, 7) is 3.59. The molecule has 7 heteroatoms. The third-order valence-corrected chi connectivity index (χ3v) is 5.97. The Balaban J connectivity index is 0.000000412. The molecule has 0 spiro atoms. The fourth-order valence-corrected chi connectivity index (χ4v) is 4.25. The zero-order chi connectivity index (χ0) is 23.0. The van der Waals surface area contributed by atoms with Crippen molar-refractivity contribution >= 4 is 35.1 Å². The summed E-state index contributed by atoms with van der Waals surface area (Å²) in [4.78, 5) is 25.7. The topological polar surface area (TPSA) is 77.8 Å². The number of likely N-dealkylation sites (tertiary alicyclic amines) is 1. The third kappa shape index (κ3) is 7.23. The molecule has 0 bridgehead atoms. The molecule has 168 valence electrons. The van der Waals surface area contributed by atoms with E-state index in [1.807, 2.05) is 49.4 Å². The van der Waals surface area contributed by atoms with Gasteiger partial charge in [0.25, 0.3) is 0 Å². The number of nitrogens with zero attached hydrogens (tertiary/aromatic N) is 1. The average Bonchev–Trinajstić information content (AvgIpc) is 2.72. The summed E-state index contributed by atoms with van der Waals surface area (Å²) in [7, 11) is 0. The van der Waals surface area contributed by atoms with Gasteiger partial charge >= 0.3 is 5.97 Å². The Kier molecular flexibility index (Phi) is 9.82. The number of aliphatic hydroxyl groups is 1. The summed E-state index contributed by atoms with van der Waals surface area (Å²) >= 11 is 11.5. The Hall–Kier alpha value is -2.08. The summed E-state index contributed by atoms with van der Waals surface area (Å²) in [5, 5.41) is 20.6. The van der Waals surface area contributed by atoms with Gasteiger partial charge in [0.2, 0.25) is 5.91 Å². The molecule has 0 aromatic heterocycles. The van der Waals surface area contributed by atoms with Crippen LogP contribution in [0.4, 0.5) is 0 Å². The number of aliphatic hydroxyl groups excluding tert-OH is 1. The lowest BCUT2D eigenvalue weighted by Gasteiger charge is -2.45. The van der Waals surface area contributed by atoms with Gasteiger partial charge in [0.1, 0.15) is 0 Å². The first-order chi connectivity index (χ1) is 14.7. The Morgan fingerprint density at radius 2 is 1.65 bits per heavy atom. The van der Waals surface area contributed by atoms with Gasteiger partial charge in [-0.15, -0.1) is 0 Å². The zero-order valence-corrected chi connectivity index (χ0v) is 19.3. The highest BCUT2D eigenvalue weighted by atomic mass is 35.5. The highest BCUT2D eigenvalue weighted by Crippen LogP contribution is 2.38. The minimum atomic E-state index is -0.969. The van der Waals surface area contributed by atoms with E-state index in [1.165, 1.54) is 0 Å². The molecule has 3 rings (SSSR count). The molecule has 1 amide bonds. The second kappa shape index (κ2) is 12.1. The highest BCUT2D eigenvalue weighted by molar-refractivity contribution is 6.30. The van der Waals surface area contributed by atoms with E-state index in [9.17, 15) is 14.7 Å². The molecule has 2 N–H and O–H groups in total. The van der Waals surface area contributed by atoms with Crippen LogP contribution in [0.5, 0.6) is 0 Å². The van der Waals surface area contributed by atoms with E-state index in [-0.39, 0.29) is 24.4 Å². The first-order valence-corrected chi connectivity index (χ1v) is 11.2.